The number of rotatable bonds is 8. The van der Waals surface area contributed by atoms with Gasteiger partial charge < -0.3 is 5.73 Å². The lowest BCUT2D eigenvalue weighted by Gasteiger charge is -2.30. The maximum absolute atomic E-state index is 6.93. The van der Waals surface area contributed by atoms with Gasteiger partial charge in [-0.1, -0.05) is 91.0 Å². The standard InChI is InChI=1S/C24H27N.BrH/c25-24(20-23-14-8-3-9-15-23,18-16-21-10-4-1-5-11-21)19-17-22-12-6-2-7-13-22;/h1-15H,16-20,25H2;1H. The number of aryl methyl sites for hydroxylation is 2. The lowest BCUT2D eigenvalue weighted by Crippen LogP contribution is -2.43. The van der Waals surface area contributed by atoms with Crippen molar-refractivity contribution in [3.8, 4) is 0 Å². The van der Waals surface area contributed by atoms with Crippen LogP contribution in [0.5, 0.6) is 0 Å². The minimum Gasteiger partial charge on any atom is -0.325 e. The second-order valence-corrected chi connectivity index (χ2v) is 7.00. The summed E-state index contributed by atoms with van der Waals surface area (Å²) in [5.41, 5.74) is 10.8. The van der Waals surface area contributed by atoms with Crippen molar-refractivity contribution in [3.63, 3.8) is 0 Å². The Labute approximate surface area is 168 Å². The summed E-state index contributed by atoms with van der Waals surface area (Å²) in [6.45, 7) is 0. The van der Waals surface area contributed by atoms with Gasteiger partial charge >= 0.3 is 0 Å². The summed E-state index contributed by atoms with van der Waals surface area (Å²) in [6, 6.07) is 32.0. The van der Waals surface area contributed by atoms with Crippen LogP contribution in [0.2, 0.25) is 0 Å². The number of halogens is 1. The second-order valence-electron chi connectivity index (χ2n) is 7.00. The van der Waals surface area contributed by atoms with Crippen molar-refractivity contribution in [2.24, 2.45) is 5.73 Å². The third-order valence-corrected chi connectivity index (χ3v) is 4.91. The topological polar surface area (TPSA) is 26.0 Å². The summed E-state index contributed by atoms with van der Waals surface area (Å²) in [6.07, 6.45) is 4.98. The molecule has 0 atom stereocenters. The molecule has 3 aromatic carbocycles. The van der Waals surface area contributed by atoms with Gasteiger partial charge in [0, 0.05) is 5.54 Å². The predicted molar refractivity (Wildman–Crippen MR) is 117 cm³/mol. The van der Waals surface area contributed by atoms with E-state index in [1.807, 2.05) is 0 Å². The minimum absolute atomic E-state index is 0. The van der Waals surface area contributed by atoms with Gasteiger partial charge in [-0.15, -0.1) is 17.0 Å². The highest BCUT2D eigenvalue weighted by Gasteiger charge is 2.25. The third-order valence-electron chi connectivity index (χ3n) is 4.91. The Bertz CT molecular complexity index is 697. The van der Waals surface area contributed by atoms with E-state index >= 15 is 0 Å². The highest BCUT2D eigenvalue weighted by molar-refractivity contribution is 8.93. The van der Waals surface area contributed by atoms with Gasteiger partial charge in [-0.05, 0) is 48.8 Å². The summed E-state index contributed by atoms with van der Waals surface area (Å²) in [7, 11) is 0. The molecular formula is C24H28BrN. The quantitative estimate of drug-likeness (QED) is 0.501. The smallest absolute Gasteiger partial charge is 0.0201 e. The van der Waals surface area contributed by atoms with Gasteiger partial charge in [-0.3, -0.25) is 0 Å². The fourth-order valence-electron chi connectivity index (χ4n) is 3.38. The fraction of sp³-hybridized carbons (Fsp3) is 0.250. The van der Waals surface area contributed by atoms with Crippen LogP contribution in [0.25, 0.3) is 0 Å². The summed E-state index contributed by atoms with van der Waals surface area (Å²) in [4.78, 5) is 0. The molecule has 0 unspecified atom stereocenters. The van der Waals surface area contributed by atoms with Gasteiger partial charge in [0.25, 0.3) is 0 Å². The molecule has 0 amide bonds. The first-order valence-corrected chi connectivity index (χ1v) is 9.14. The Morgan fingerprint density at radius 3 is 1.27 bits per heavy atom. The van der Waals surface area contributed by atoms with E-state index in [1.165, 1.54) is 16.7 Å². The number of benzene rings is 3. The molecule has 1 nitrogen and oxygen atoms in total. The van der Waals surface area contributed by atoms with Crippen LogP contribution in [-0.2, 0) is 19.3 Å². The van der Waals surface area contributed by atoms with Crippen LogP contribution >= 0.6 is 17.0 Å². The zero-order chi connectivity index (χ0) is 17.4. The number of nitrogens with two attached hydrogens (primary N) is 1. The van der Waals surface area contributed by atoms with Gasteiger partial charge in [0.2, 0.25) is 0 Å². The Hall–Kier alpha value is -1.90. The first kappa shape index (κ1) is 20.4. The Kier molecular flexibility index (Phi) is 8.08. The van der Waals surface area contributed by atoms with Crippen LogP contribution in [0.4, 0.5) is 0 Å². The Balaban J connectivity index is 0.00000243. The van der Waals surface area contributed by atoms with E-state index in [0.717, 1.165) is 32.1 Å². The minimum atomic E-state index is -0.187. The van der Waals surface area contributed by atoms with Gasteiger partial charge in [0.05, 0.1) is 0 Å². The van der Waals surface area contributed by atoms with E-state index in [2.05, 4.69) is 91.0 Å². The van der Waals surface area contributed by atoms with E-state index < -0.39 is 0 Å². The molecule has 0 aliphatic rings. The van der Waals surface area contributed by atoms with Crippen molar-refractivity contribution in [2.45, 2.75) is 37.6 Å². The van der Waals surface area contributed by atoms with Gasteiger partial charge in [-0.25, -0.2) is 0 Å². The van der Waals surface area contributed by atoms with Crippen LogP contribution in [0, 0.1) is 0 Å². The van der Waals surface area contributed by atoms with Crippen LogP contribution < -0.4 is 5.73 Å². The SMILES string of the molecule is Br.NC(CCc1ccccc1)(CCc1ccccc1)Cc1ccccc1. The molecule has 0 bridgehead atoms. The van der Waals surface area contributed by atoms with Crippen molar-refractivity contribution in [1.82, 2.24) is 0 Å². The summed E-state index contributed by atoms with van der Waals surface area (Å²) >= 11 is 0. The Morgan fingerprint density at radius 1 is 0.538 bits per heavy atom. The van der Waals surface area contributed by atoms with E-state index in [1.54, 1.807) is 0 Å². The Morgan fingerprint density at radius 2 is 0.885 bits per heavy atom. The van der Waals surface area contributed by atoms with Gasteiger partial charge in [0.1, 0.15) is 0 Å². The highest BCUT2D eigenvalue weighted by atomic mass is 79.9. The molecule has 0 heterocycles. The number of hydrogen-bond acceptors (Lipinski definition) is 1. The fourth-order valence-corrected chi connectivity index (χ4v) is 3.38. The normalized spacial score (nSPS) is 11.0. The van der Waals surface area contributed by atoms with Crippen molar-refractivity contribution in [2.75, 3.05) is 0 Å². The summed E-state index contributed by atoms with van der Waals surface area (Å²) in [5, 5.41) is 0. The van der Waals surface area contributed by atoms with Crippen molar-refractivity contribution in [3.05, 3.63) is 108 Å². The van der Waals surface area contributed by atoms with Crippen molar-refractivity contribution in [1.29, 1.82) is 0 Å². The van der Waals surface area contributed by atoms with Gasteiger partial charge in [-0.2, -0.15) is 0 Å². The molecule has 0 saturated heterocycles. The molecule has 26 heavy (non-hydrogen) atoms. The van der Waals surface area contributed by atoms with Crippen LogP contribution in [0.1, 0.15) is 29.5 Å². The van der Waals surface area contributed by atoms with E-state index in [9.17, 15) is 0 Å². The van der Waals surface area contributed by atoms with Crippen LogP contribution in [0.3, 0.4) is 0 Å². The van der Waals surface area contributed by atoms with Crippen LogP contribution in [-0.4, -0.2) is 5.54 Å². The van der Waals surface area contributed by atoms with Crippen molar-refractivity contribution < 1.29 is 0 Å². The molecule has 0 radical (unpaired) electrons. The molecule has 0 fully saturated rings. The molecule has 0 aliphatic heterocycles. The molecule has 3 rings (SSSR count). The zero-order valence-electron chi connectivity index (χ0n) is 15.2. The van der Waals surface area contributed by atoms with E-state index in [0.29, 0.717) is 0 Å². The molecule has 2 N–H and O–H groups in total. The predicted octanol–water partition coefficient (Wildman–Crippen LogP) is 5.77. The summed E-state index contributed by atoms with van der Waals surface area (Å²) < 4.78 is 0. The monoisotopic (exact) mass is 409 g/mol. The van der Waals surface area contributed by atoms with E-state index in [4.69, 9.17) is 5.73 Å². The van der Waals surface area contributed by atoms with Gasteiger partial charge in [0.15, 0.2) is 0 Å². The van der Waals surface area contributed by atoms with Crippen LogP contribution in [0.15, 0.2) is 91.0 Å². The molecule has 0 spiro atoms. The van der Waals surface area contributed by atoms with E-state index in [-0.39, 0.29) is 22.5 Å². The molecule has 0 saturated carbocycles. The molecule has 3 aromatic rings. The summed E-state index contributed by atoms with van der Waals surface area (Å²) in [5.74, 6) is 0. The third kappa shape index (κ3) is 6.44. The maximum Gasteiger partial charge on any atom is 0.0201 e. The first-order valence-electron chi connectivity index (χ1n) is 9.14. The first-order chi connectivity index (χ1) is 12.2. The maximum atomic E-state index is 6.93. The molecule has 136 valence electrons. The average molecular weight is 410 g/mol. The molecule has 0 aliphatic carbocycles. The zero-order valence-corrected chi connectivity index (χ0v) is 16.9. The highest BCUT2D eigenvalue weighted by Crippen LogP contribution is 2.23. The average Bonchev–Trinajstić information content (AvgIpc) is 2.68. The second kappa shape index (κ2) is 10.3. The molecular weight excluding hydrogens is 382 g/mol. The number of hydrogen-bond donors (Lipinski definition) is 1. The molecule has 0 aromatic heterocycles. The largest absolute Gasteiger partial charge is 0.325 e. The molecule has 2 heteroatoms. The lowest BCUT2D eigenvalue weighted by atomic mass is 9.81. The lowest BCUT2D eigenvalue weighted by molar-refractivity contribution is 0.362. The van der Waals surface area contributed by atoms with Crippen molar-refractivity contribution >= 4 is 17.0 Å².